The van der Waals surface area contributed by atoms with E-state index in [-0.39, 0.29) is 11.7 Å². The minimum absolute atomic E-state index is 0.0598. The summed E-state index contributed by atoms with van der Waals surface area (Å²) in [7, 11) is 0. The minimum atomic E-state index is -4.75. The van der Waals surface area contributed by atoms with Crippen molar-refractivity contribution in [2.75, 3.05) is 13.1 Å². The second kappa shape index (κ2) is 9.46. The maximum Gasteiger partial charge on any atom is 0.573 e. The number of carbonyl (C=O) groups is 1. The molecule has 3 aromatic rings. The first-order valence-electron chi connectivity index (χ1n) is 10.7. The van der Waals surface area contributed by atoms with Crippen molar-refractivity contribution in [1.82, 2.24) is 14.5 Å². The summed E-state index contributed by atoms with van der Waals surface area (Å²) in [6.45, 7) is 1.46. The molecular weight excluding hydrogens is 419 g/mol. The third kappa shape index (κ3) is 5.30. The topological polar surface area (TPSA) is 47.4 Å². The second-order valence-corrected chi connectivity index (χ2v) is 7.83. The molecule has 8 heteroatoms. The van der Waals surface area contributed by atoms with Crippen molar-refractivity contribution in [3.05, 3.63) is 66.7 Å². The molecule has 0 unspecified atom stereocenters. The summed E-state index contributed by atoms with van der Waals surface area (Å²) in [5.41, 5.74) is 2.45. The standard InChI is InChI=1S/C24H24F3N3O2/c25-24(26,27)32-21-11-7-9-19(15-21)18-8-6-10-20(14-18)30-17-28-16-22(30)23(31)29-12-4-2-1-3-5-13-29/h6-11,14-17H,1-5,12-13H2. The van der Waals surface area contributed by atoms with Crippen LogP contribution in [-0.4, -0.2) is 39.8 Å². The zero-order valence-corrected chi connectivity index (χ0v) is 17.5. The van der Waals surface area contributed by atoms with Gasteiger partial charge in [0.15, 0.2) is 0 Å². The van der Waals surface area contributed by atoms with Crippen molar-refractivity contribution in [1.29, 1.82) is 0 Å². The molecule has 168 valence electrons. The lowest BCUT2D eigenvalue weighted by atomic mass is 10.0. The molecule has 1 aliphatic heterocycles. The van der Waals surface area contributed by atoms with E-state index in [4.69, 9.17) is 0 Å². The Morgan fingerprint density at radius 2 is 1.56 bits per heavy atom. The van der Waals surface area contributed by atoms with Crippen molar-refractivity contribution in [3.8, 4) is 22.6 Å². The predicted octanol–water partition coefficient (Wildman–Crippen LogP) is 5.84. The third-order valence-electron chi connectivity index (χ3n) is 5.53. The number of imidazole rings is 1. The summed E-state index contributed by atoms with van der Waals surface area (Å²) in [6.07, 6.45) is 3.84. The molecule has 0 aliphatic carbocycles. The molecular formula is C24H24F3N3O2. The van der Waals surface area contributed by atoms with Crippen LogP contribution in [0.5, 0.6) is 5.75 Å². The Morgan fingerprint density at radius 3 is 2.28 bits per heavy atom. The van der Waals surface area contributed by atoms with E-state index in [1.165, 1.54) is 24.6 Å². The molecule has 4 rings (SSSR count). The number of nitrogens with zero attached hydrogens (tertiary/aromatic N) is 3. The highest BCUT2D eigenvalue weighted by atomic mass is 19.4. The number of benzene rings is 2. The van der Waals surface area contributed by atoms with Gasteiger partial charge >= 0.3 is 6.36 Å². The molecule has 0 bridgehead atoms. The fourth-order valence-electron chi connectivity index (χ4n) is 3.98. The fourth-order valence-corrected chi connectivity index (χ4v) is 3.98. The number of aromatic nitrogens is 2. The number of alkyl halides is 3. The maximum atomic E-state index is 13.2. The molecule has 32 heavy (non-hydrogen) atoms. The highest BCUT2D eigenvalue weighted by Crippen LogP contribution is 2.29. The number of hydrogen-bond donors (Lipinski definition) is 0. The maximum absolute atomic E-state index is 13.2. The Balaban J connectivity index is 1.61. The van der Waals surface area contributed by atoms with E-state index in [1.54, 1.807) is 35.3 Å². The Hall–Kier alpha value is -3.29. The van der Waals surface area contributed by atoms with Gasteiger partial charge in [0.2, 0.25) is 0 Å². The van der Waals surface area contributed by atoms with E-state index >= 15 is 0 Å². The lowest BCUT2D eigenvalue weighted by Gasteiger charge is -2.25. The Kier molecular flexibility index (Phi) is 6.48. The van der Waals surface area contributed by atoms with Gasteiger partial charge in [0.05, 0.1) is 12.5 Å². The van der Waals surface area contributed by atoms with Gasteiger partial charge in [-0.2, -0.15) is 0 Å². The largest absolute Gasteiger partial charge is 0.573 e. The van der Waals surface area contributed by atoms with Crippen LogP contribution in [0.3, 0.4) is 0 Å². The van der Waals surface area contributed by atoms with Gasteiger partial charge in [0.1, 0.15) is 11.4 Å². The van der Waals surface area contributed by atoms with Crippen LogP contribution in [0.4, 0.5) is 13.2 Å². The van der Waals surface area contributed by atoms with Crippen LogP contribution in [0.15, 0.2) is 61.1 Å². The van der Waals surface area contributed by atoms with Gasteiger partial charge in [-0.3, -0.25) is 9.36 Å². The summed E-state index contributed by atoms with van der Waals surface area (Å²) in [4.78, 5) is 19.3. The molecule has 0 saturated carbocycles. The van der Waals surface area contributed by atoms with Crippen molar-refractivity contribution >= 4 is 5.91 Å². The Bertz CT molecular complexity index is 1070. The van der Waals surface area contributed by atoms with Gasteiger partial charge in [-0.25, -0.2) is 4.98 Å². The lowest BCUT2D eigenvalue weighted by Crippen LogP contribution is -2.34. The molecule has 1 aromatic heterocycles. The summed E-state index contributed by atoms with van der Waals surface area (Å²) >= 11 is 0. The van der Waals surface area contributed by atoms with E-state index in [0.717, 1.165) is 38.8 Å². The molecule has 1 aliphatic rings. The molecule has 1 saturated heterocycles. The van der Waals surface area contributed by atoms with E-state index in [9.17, 15) is 18.0 Å². The number of rotatable bonds is 4. The van der Waals surface area contributed by atoms with Gasteiger partial charge in [0, 0.05) is 18.8 Å². The first kappa shape index (κ1) is 21.9. The zero-order valence-electron chi connectivity index (χ0n) is 17.5. The number of likely N-dealkylation sites (tertiary alicyclic amines) is 1. The van der Waals surface area contributed by atoms with Crippen molar-refractivity contribution < 1.29 is 22.7 Å². The summed E-state index contributed by atoms with van der Waals surface area (Å²) in [5, 5.41) is 0. The molecule has 0 spiro atoms. The Labute approximate surface area is 184 Å². The van der Waals surface area contributed by atoms with Crippen LogP contribution >= 0.6 is 0 Å². The van der Waals surface area contributed by atoms with Crippen LogP contribution in [0.2, 0.25) is 0 Å². The van der Waals surface area contributed by atoms with Gasteiger partial charge < -0.3 is 9.64 Å². The molecule has 2 heterocycles. The van der Waals surface area contributed by atoms with Crippen molar-refractivity contribution in [2.45, 2.75) is 38.5 Å². The predicted molar refractivity (Wildman–Crippen MR) is 115 cm³/mol. The number of halogens is 3. The van der Waals surface area contributed by atoms with Gasteiger partial charge in [-0.15, -0.1) is 13.2 Å². The monoisotopic (exact) mass is 443 g/mol. The average Bonchev–Trinajstić information content (AvgIpc) is 3.22. The summed E-state index contributed by atoms with van der Waals surface area (Å²) < 4.78 is 43.5. The van der Waals surface area contributed by atoms with Gasteiger partial charge in [0.25, 0.3) is 5.91 Å². The first-order valence-corrected chi connectivity index (χ1v) is 10.7. The zero-order chi connectivity index (χ0) is 22.6. The van der Waals surface area contributed by atoms with Gasteiger partial charge in [-0.1, -0.05) is 43.5 Å². The van der Waals surface area contributed by atoms with E-state index in [2.05, 4.69) is 9.72 Å². The van der Waals surface area contributed by atoms with Crippen LogP contribution < -0.4 is 4.74 Å². The summed E-state index contributed by atoms with van der Waals surface area (Å²) in [6, 6.07) is 13.1. The number of ether oxygens (including phenoxy) is 1. The lowest BCUT2D eigenvalue weighted by molar-refractivity contribution is -0.274. The number of hydrogen-bond acceptors (Lipinski definition) is 3. The molecule has 1 amide bonds. The molecule has 0 N–H and O–H groups in total. The van der Waals surface area contributed by atoms with E-state index < -0.39 is 6.36 Å². The smallest absolute Gasteiger partial charge is 0.406 e. The quantitative estimate of drug-likeness (QED) is 0.509. The van der Waals surface area contributed by atoms with Crippen LogP contribution in [-0.2, 0) is 0 Å². The molecule has 1 fully saturated rings. The average molecular weight is 443 g/mol. The minimum Gasteiger partial charge on any atom is -0.406 e. The Morgan fingerprint density at radius 1 is 0.906 bits per heavy atom. The second-order valence-electron chi connectivity index (χ2n) is 7.83. The first-order chi connectivity index (χ1) is 15.4. The van der Waals surface area contributed by atoms with E-state index in [0.29, 0.717) is 22.5 Å². The molecule has 2 aromatic carbocycles. The number of amides is 1. The fraction of sp³-hybridized carbons (Fsp3) is 0.333. The SMILES string of the molecule is O=C(c1cncn1-c1cccc(-c2cccc(OC(F)(F)F)c2)c1)N1CCCCCCC1. The van der Waals surface area contributed by atoms with E-state index in [1.807, 2.05) is 17.0 Å². The number of carbonyl (C=O) groups excluding carboxylic acids is 1. The summed E-state index contributed by atoms with van der Waals surface area (Å²) in [5.74, 6) is -0.341. The molecule has 0 radical (unpaired) electrons. The van der Waals surface area contributed by atoms with Crippen LogP contribution in [0, 0.1) is 0 Å². The highest BCUT2D eigenvalue weighted by molar-refractivity contribution is 5.93. The highest BCUT2D eigenvalue weighted by Gasteiger charge is 2.31. The van der Waals surface area contributed by atoms with Crippen molar-refractivity contribution in [3.63, 3.8) is 0 Å². The molecule has 0 atom stereocenters. The van der Waals surface area contributed by atoms with Crippen molar-refractivity contribution in [2.24, 2.45) is 0 Å². The van der Waals surface area contributed by atoms with Crippen LogP contribution in [0.25, 0.3) is 16.8 Å². The third-order valence-corrected chi connectivity index (χ3v) is 5.53. The molecule has 5 nitrogen and oxygen atoms in total. The van der Waals surface area contributed by atoms with Crippen LogP contribution in [0.1, 0.15) is 42.6 Å². The van der Waals surface area contributed by atoms with Gasteiger partial charge in [-0.05, 0) is 48.2 Å². The normalized spacial score (nSPS) is 15.2.